The Morgan fingerprint density at radius 1 is 1.40 bits per heavy atom. The molecule has 0 aliphatic carbocycles. The highest BCUT2D eigenvalue weighted by atomic mass is 35.5. The van der Waals surface area contributed by atoms with Gasteiger partial charge in [0.15, 0.2) is 5.78 Å². The Balaban J connectivity index is 2.67. The van der Waals surface area contributed by atoms with Crippen LogP contribution in [0.15, 0.2) is 30.5 Å². The van der Waals surface area contributed by atoms with Crippen LogP contribution in [-0.4, -0.2) is 10.4 Å². The van der Waals surface area contributed by atoms with Crippen molar-refractivity contribution in [2.45, 2.75) is 19.9 Å². The van der Waals surface area contributed by atoms with Gasteiger partial charge in [-0.1, -0.05) is 23.7 Å². The minimum Gasteiger partial charge on any atom is -0.336 e. The third-order valence-corrected chi connectivity index (χ3v) is 3.00. The second-order valence-electron chi connectivity index (χ2n) is 3.69. The zero-order chi connectivity index (χ0) is 11.0. The molecule has 2 nitrogen and oxygen atoms in total. The SMILES string of the molecule is CC(=O)C(C)n1ccc2cccc(Cl)c21. The molecule has 1 heterocycles. The van der Waals surface area contributed by atoms with E-state index in [1.165, 1.54) is 0 Å². The maximum absolute atomic E-state index is 11.3. The molecule has 78 valence electrons. The highest BCUT2D eigenvalue weighted by Gasteiger charge is 2.13. The number of fused-ring (bicyclic) bond motifs is 1. The van der Waals surface area contributed by atoms with Gasteiger partial charge in [-0.25, -0.2) is 0 Å². The van der Waals surface area contributed by atoms with Crippen molar-refractivity contribution in [3.8, 4) is 0 Å². The van der Waals surface area contributed by atoms with Crippen LogP contribution in [0, 0.1) is 0 Å². The minimum atomic E-state index is -0.164. The van der Waals surface area contributed by atoms with Crippen LogP contribution >= 0.6 is 11.6 Å². The lowest BCUT2D eigenvalue weighted by molar-refractivity contribution is -0.119. The summed E-state index contributed by atoms with van der Waals surface area (Å²) in [5, 5.41) is 1.75. The molecular formula is C12H12ClNO. The summed E-state index contributed by atoms with van der Waals surface area (Å²) in [6.45, 7) is 3.47. The van der Waals surface area contributed by atoms with Gasteiger partial charge in [0.05, 0.1) is 16.6 Å². The van der Waals surface area contributed by atoms with Crippen molar-refractivity contribution in [3.63, 3.8) is 0 Å². The predicted molar refractivity (Wildman–Crippen MR) is 62.3 cm³/mol. The normalized spacial score (nSPS) is 13.0. The quantitative estimate of drug-likeness (QED) is 0.762. The number of carbonyl (C=O) groups excluding carboxylic acids is 1. The molecule has 0 saturated carbocycles. The van der Waals surface area contributed by atoms with Crippen molar-refractivity contribution in [1.29, 1.82) is 0 Å². The Kier molecular flexibility index (Phi) is 2.53. The van der Waals surface area contributed by atoms with Gasteiger partial charge in [-0.05, 0) is 26.0 Å². The fourth-order valence-corrected chi connectivity index (χ4v) is 1.97. The van der Waals surface area contributed by atoms with E-state index in [-0.39, 0.29) is 11.8 Å². The number of ketones is 1. The summed E-state index contributed by atoms with van der Waals surface area (Å²) in [7, 11) is 0. The third-order valence-electron chi connectivity index (χ3n) is 2.70. The Morgan fingerprint density at radius 2 is 2.13 bits per heavy atom. The predicted octanol–water partition coefficient (Wildman–Crippen LogP) is 3.44. The van der Waals surface area contributed by atoms with Gasteiger partial charge in [0, 0.05) is 11.6 Å². The molecule has 1 aromatic carbocycles. The molecule has 0 spiro atoms. The van der Waals surface area contributed by atoms with Crippen LogP contribution < -0.4 is 0 Å². The maximum Gasteiger partial charge on any atom is 0.152 e. The molecule has 0 aliphatic heterocycles. The number of rotatable bonds is 2. The average Bonchev–Trinajstić information content (AvgIpc) is 2.61. The van der Waals surface area contributed by atoms with Gasteiger partial charge in [0.2, 0.25) is 0 Å². The molecule has 15 heavy (non-hydrogen) atoms. The van der Waals surface area contributed by atoms with Crippen molar-refractivity contribution < 1.29 is 4.79 Å². The van der Waals surface area contributed by atoms with E-state index in [9.17, 15) is 4.79 Å². The second-order valence-corrected chi connectivity index (χ2v) is 4.09. The zero-order valence-corrected chi connectivity index (χ0v) is 9.45. The molecule has 1 aromatic heterocycles. The van der Waals surface area contributed by atoms with E-state index in [1.54, 1.807) is 6.92 Å². The molecule has 0 aliphatic rings. The van der Waals surface area contributed by atoms with Crippen LogP contribution in [0.3, 0.4) is 0 Å². The van der Waals surface area contributed by atoms with Gasteiger partial charge in [-0.15, -0.1) is 0 Å². The van der Waals surface area contributed by atoms with Crippen LogP contribution in [0.1, 0.15) is 19.9 Å². The molecule has 2 aromatic rings. The van der Waals surface area contributed by atoms with E-state index in [2.05, 4.69) is 0 Å². The first-order valence-electron chi connectivity index (χ1n) is 4.87. The fourth-order valence-electron chi connectivity index (χ4n) is 1.69. The van der Waals surface area contributed by atoms with E-state index in [0.717, 1.165) is 10.9 Å². The number of Topliss-reactive ketones (excluding diaryl/α,β-unsaturated/α-hetero) is 1. The smallest absolute Gasteiger partial charge is 0.152 e. The minimum absolute atomic E-state index is 0.132. The number of hydrogen-bond donors (Lipinski definition) is 0. The van der Waals surface area contributed by atoms with Gasteiger partial charge in [-0.2, -0.15) is 0 Å². The highest BCUT2D eigenvalue weighted by molar-refractivity contribution is 6.35. The maximum atomic E-state index is 11.3. The van der Waals surface area contributed by atoms with Gasteiger partial charge < -0.3 is 4.57 Å². The number of para-hydroxylation sites is 1. The summed E-state index contributed by atoms with van der Waals surface area (Å²) in [5.74, 6) is 0.132. The van der Waals surface area contributed by atoms with E-state index >= 15 is 0 Å². The van der Waals surface area contributed by atoms with E-state index < -0.39 is 0 Å². The number of carbonyl (C=O) groups is 1. The van der Waals surface area contributed by atoms with Gasteiger partial charge in [0.25, 0.3) is 0 Å². The first-order chi connectivity index (χ1) is 7.11. The van der Waals surface area contributed by atoms with Crippen molar-refractivity contribution in [3.05, 3.63) is 35.5 Å². The van der Waals surface area contributed by atoms with E-state index in [1.807, 2.05) is 42.0 Å². The standard InChI is InChI=1S/C12H12ClNO/c1-8(9(2)15)14-7-6-10-4-3-5-11(13)12(10)14/h3-8H,1-2H3. The average molecular weight is 222 g/mol. The van der Waals surface area contributed by atoms with Crippen molar-refractivity contribution in [1.82, 2.24) is 4.57 Å². The van der Waals surface area contributed by atoms with Crippen LogP contribution in [0.5, 0.6) is 0 Å². The Labute approximate surface area is 93.5 Å². The summed E-state index contributed by atoms with van der Waals surface area (Å²) in [4.78, 5) is 11.3. The summed E-state index contributed by atoms with van der Waals surface area (Å²) in [5.41, 5.74) is 0.932. The largest absolute Gasteiger partial charge is 0.336 e. The second kappa shape index (κ2) is 3.70. The molecule has 0 bridgehead atoms. The summed E-state index contributed by atoms with van der Waals surface area (Å²) in [6, 6.07) is 7.55. The van der Waals surface area contributed by atoms with E-state index in [0.29, 0.717) is 5.02 Å². The van der Waals surface area contributed by atoms with Gasteiger partial charge in [-0.3, -0.25) is 4.79 Å². The van der Waals surface area contributed by atoms with Gasteiger partial charge >= 0.3 is 0 Å². The summed E-state index contributed by atoms with van der Waals surface area (Å²) in [6.07, 6.45) is 1.91. The highest BCUT2D eigenvalue weighted by Crippen LogP contribution is 2.27. The number of hydrogen-bond acceptors (Lipinski definition) is 1. The molecule has 0 amide bonds. The molecular weight excluding hydrogens is 210 g/mol. The summed E-state index contributed by atoms with van der Waals surface area (Å²) >= 11 is 6.12. The first kappa shape index (κ1) is 10.2. The fraction of sp³-hybridized carbons (Fsp3) is 0.250. The Hall–Kier alpha value is -1.28. The number of aromatic nitrogens is 1. The molecule has 0 N–H and O–H groups in total. The van der Waals surface area contributed by atoms with E-state index in [4.69, 9.17) is 11.6 Å². The third kappa shape index (κ3) is 1.65. The topological polar surface area (TPSA) is 22.0 Å². The van der Waals surface area contributed by atoms with Crippen molar-refractivity contribution in [2.75, 3.05) is 0 Å². The lowest BCUT2D eigenvalue weighted by Gasteiger charge is -2.12. The van der Waals surface area contributed by atoms with Crippen LogP contribution in [0.2, 0.25) is 5.02 Å². The monoisotopic (exact) mass is 221 g/mol. The number of halogens is 1. The van der Waals surface area contributed by atoms with Crippen LogP contribution in [0.4, 0.5) is 0 Å². The number of nitrogens with zero attached hydrogens (tertiary/aromatic N) is 1. The van der Waals surface area contributed by atoms with Crippen LogP contribution in [0.25, 0.3) is 10.9 Å². The molecule has 1 unspecified atom stereocenters. The molecule has 0 radical (unpaired) electrons. The van der Waals surface area contributed by atoms with Crippen molar-refractivity contribution >= 4 is 28.3 Å². The lowest BCUT2D eigenvalue weighted by Crippen LogP contribution is -2.12. The number of benzene rings is 1. The lowest BCUT2D eigenvalue weighted by atomic mass is 10.2. The molecule has 0 saturated heterocycles. The first-order valence-corrected chi connectivity index (χ1v) is 5.24. The Bertz CT molecular complexity index is 515. The molecule has 1 atom stereocenters. The molecule has 2 rings (SSSR count). The zero-order valence-electron chi connectivity index (χ0n) is 8.70. The van der Waals surface area contributed by atoms with Crippen molar-refractivity contribution in [2.24, 2.45) is 0 Å². The van der Waals surface area contributed by atoms with Crippen LogP contribution in [-0.2, 0) is 4.79 Å². The molecule has 3 heteroatoms. The van der Waals surface area contributed by atoms with Gasteiger partial charge in [0.1, 0.15) is 0 Å². The summed E-state index contributed by atoms with van der Waals surface area (Å²) < 4.78 is 1.92. The Morgan fingerprint density at radius 3 is 2.80 bits per heavy atom. The molecule has 0 fully saturated rings.